The van der Waals surface area contributed by atoms with Crippen molar-refractivity contribution in [2.75, 3.05) is 0 Å². The van der Waals surface area contributed by atoms with Crippen LogP contribution in [0.1, 0.15) is 31.1 Å². The lowest BCUT2D eigenvalue weighted by atomic mass is 10.2. The molecule has 0 saturated heterocycles. The summed E-state index contributed by atoms with van der Waals surface area (Å²) >= 11 is 0. The molecule has 1 aromatic heterocycles. The third-order valence-electron chi connectivity index (χ3n) is 7.35. The number of hydrogen-bond donors (Lipinski definition) is 0. The van der Waals surface area contributed by atoms with Gasteiger partial charge in [0.25, 0.3) is 0 Å². The molecule has 4 aromatic rings. The maximum Gasteiger partial charge on any atom is 0.345 e. The Morgan fingerprint density at radius 3 is 0.711 bits per heavy atom. The van der Waals surface area contributed by atoms with Gasteiger partial charge in [-0.15, -0.1) is 0 Å². The zero-order valence-corrected chi connectivity index (χ0v) is 30.2. The Morgan fingerprint density at radius 1 is 0.378 bits per heavy atom. The zero-order valence-electron chi connectivity index (χ0n) is 27.2. The van der Waals surface area contributed by atoms with Gasteiger partial charge in [-0.1, -0.05) is 58.9 Å². The fraction of sp³-hybridized carbons (Fsp3) is 0.273. The second-order valence-corrected chi connectivity index (χ2v) is 29.1. The molecule has 0 fully saturated rings. The van der Waals surface area contributed by atoms with Gasteiger partial charge in [-0.25, -0.2) is 28.1 Å². The molecule has 0 spiro atoms. The highest BCUT2D eigenvalue weighted by Crippen LogP contribution is 2.17. The van der Waals surface area contributed by atoms with Crippen LogP contribution in [0, 0.1) is 0 Å². The fourth-order valence-electron chi connectivity index (χ4n) is 4.79. The molecule has 0 aliphatic carbocycles. The van der Waals surface area contributed by atoms with Crippen LogP contribution < -0.4 is 17.1 Å². The van der Waals surface area contributed by atoms with E-state index >= 15 is 0 Å². The van der Waals surface area contributed by atoms with Crippen LogP contribution in [0.3, 0.4) is 0 Å². The van der Waals surface area contributed by atoms with Crippen LogP contribution in [-0.4, -0.2) is 54.1 Å². The van der Waals surface area contributed by atoms with Gasteiger partial charge in [-0.2, -0.15) is 0 Å². The molecular weight excluding hydrogens is 619 g/mol. The summed E-state index contributed by atoms with van der Waals surface area (Å²) in [6.07, 6.45) is 0. The Balaban J connectivity index is 1.98. The monoisotopic (exact) mass is 657 g/mol. The average molecular weight is 658 g/mol. The van der Waals surface area contributed by atoms with E-state index in [1.807, 2.05) is 58.9 Å². The highest BCUT2D eigenvalue weighted by molar-refractivity contribution is 7.06. The standard InChI is InChI=1S/C33H39N3O6Si3/c1-43(2,3)28(37)22-10-16-25(17-11-22)34-31(40)35(26-18-12-23(13-19-26)29(38)44(4,5)6)33(42)36(32(34)41)27-20-14-24(15-21-27)30(39)45(7,8)9/h10-21H,1-9H3. The molecule has 0 atom stereocenters. The summed E-state index contributed by atoms with van der Waals surface area (Å²) in [6, 6.07) is 18.6. The maximum atomic E-state index is 14.0. The van der Waals surface area contributed by atoms with Crippen LogP contribution in [0.5, 0.6) is 0 Å². The number of nitrogens with zero attached hydrogens (tertiary/aromatic N) is 3. The van der Waals surface area contributed by atoms with E-state index in [9.17, 15) is 28.8 Å². The number of carbonyl (C=O) groups excluding carboxylic acids is 3. The van der Waals surface area contributed by atoms with Crippen LogP contribution in [0.25, 0.3) is 17.1 Å². The summed E-state index contributed by atoms with van der Waals surface area (Å²) < 4.78 is 2.64. The second kappa shape index (κ2) is 11.9. The van der Waals surface area contributed by atoms with Crippen LogP contribution in [0.2, 0.25) is 58.9 Å². The molecule has 0 N–H and O–H groups in total. The van der Waals surface area contributed by atoms with Crippen LogP contribution in [0.4, 0.5) is 0 Å². The van der Waals surface area contributed by atoms with Crippen LogP contribution >= 0.6 is 0 Å². The van der Waals surface area contributed by atoms with Gasteiger partial charge in [0.1, 0.15) is 40.4 Å². The van der Waals surface area contributed by atoms with Gasteiger partial charge < -0.3 is 14.4 Å². The lowest BCUT2D eigenvalue weighted by Crippen LogP contribution is -2.52. The Morgan fingerprint density at radius 2 is 0.556 bits per heavy atom. The van der Waals surface area contributed by atoms with Gasteiger partial charge in [0.15, 0.2) is 0 Å². The van der Waals surface area contributed by atoms with E-state index in [1.54, 1.807) is 36.4 Å². The van der Waals surface area contributed by atoms with E-state index in [2.05, 4.69) is 0 Å². The molecular formula is C33H39N3O6Si3. The molecule has 0 aliphatic rings. The van der Waals surface area contributed by atoms with Crippen molar-refractivity contribution >= 4 is 40.4 Å². The molecule has 0 aliphatic heterocycles. The number of hydrogen-bond acceptors (Lipinski definition) is 6. The van der Waals surface area contributed by atoms with E-state index in [-0.39, 0.29) is 33.3 Å². The first-order valence-electron chi connectivity index (χ1n) is 14.7. The van der Waals surface area contributed by atoms with Crippen molar-refractivity contribution in [1.82, 2.24) is 13.7 Å². The van der Waals surface area contributed by atoms with E-state index in [0.29, 0.717) is 16.7 Å². The van der Waals surface area contributed by atoms with Crippen LogP contribution in [0.15, 0.2) is 87.2 Å². The van der Waals surface area contributed by atoms with Crippen LogP contribution in [-0.2, 0) is 0 Å². The Bertz CT molecular complexity index is 1720. The lowest BCUT2D eigenvalue weighted by Gasteiger charge is -2.17. The summed E-state index contributed by atoms with van der Waals surface area (Å²) in [5.74, 6) is 0. The predicted molar refractivity (Wildman–Crippen MR) is 186 cm³/mol. The van der Waals surface area contributed by atoms with Gasteiger partial charge in [0, 0.05) is 16.7 Å². The van der Waals surface area contributed by atoms with E-state index in [1.165, 1.54) is 36.4 Å². The van der Waals surface area contributed by atoms with Gasteiger partial charge in [0.05, 0.1) is 17.1 Å². The first kappa shape index (κ1) is 33.6. The predicted octanol–water partition coefficient (Wildman–Crippen LogP) is 5.32. The smallest absolute Gasteiger partial charge is 0.300 e. The van der Waals surface area contributed by atoms with Crippen molar-refractivity contribution in [3.63, 3.8) is 0 Å². The second-order valence-electron chi connectivity index (χ2n) is 14.2. The number of aromatic nitrogens is 3. The van der Waals surface area contributed by atoms with Crippen molar-refractivity contribution in [3.05, 3.63) is 121 Å². The van der Waals surface area contributed by atoms with Gasteiger partial charge >= 0.3 is 17.1 Å². The summed E-state index contributed by atoms with van der Waals surface area (Å²) in [4.78, 5) is 80.5. The van der Waals surface area contributed by atoms with Gasteiger partial charge in [-0.3, -0.25) is 0 Å². The molecule has 0 radical (unpaired) electrons. The molecule has 1 heterocycles. The van der Waals surface area contributed by atoms with Crippen molar-refractivity contribution in [2.24, 2.45) is 0 Å². The first-order valence-corrected chi connectivity index (χ1v) is 25.2. The fourth-order valence-corrected chi connectivity index (χ4v) is 7.89. The molecule has 3 aromatic carbocycles. The number of rotatable bonds is 9. The summed E-state index contributed by atoms with van der Waals surface area (Å²) in [6.45, 7) is 17.4. The third kappa shape index (κ3) is 6.72. The average Bonchev–Trinajstić information content (AvgIpc) is 2.95. The molecule has 45 heavy (non-hydrogen) atoms. The van der Waals surface area contributed by atoms with Gasteiger partial charge in [0.2, 0.25) is 0 Å². The van der Waals surface area contributed by atoms with E-state index < -0.39 is 41.3 Å². The van der Waals surface area contributed by atoms with Gasteiger partial charge in [-0.05, 0) is 72.8 Å². The van der Waals surface area contributed by atoms with E-state index in [4.69, 9.17) is 0 Å². The molecule has 0 unspecified atom stereocenters. The summed E-state index contributed by atoms with van der Waals surface area (Å²) in [7, 11) is -6.43. The summed E-state index contributed by atoms with van der Waals surface area (Å²) in [5.41, 5.74) is -0.747. The van der Waals surface area contributed by atoms with E-state index in [0.717, 1.165) is 13.7 Å². The number of benzene rings is 3. The molecule has 0 bridgehead atoms. The highest BCUT2D eigenvalue weighted by atomic mass is 28.3. The quantitative estimate of drug-likeness (QED) is 0.225. The topological polar surface area (TPSA) is 117 Å². The normalized spacial score (nSPS) is 12.2. The number of carbonyl (C=O) groups is 3. The van der Waals surface area contributed by atoms with Crippen molar-refractivity contribution in [3.8, 4) is 17.1 Å². The van der Waals surface area contributed by atoms with Crippen molar-refractivity contribution in [1.29, 1.82) is 0 Å². The molecule has 4 rings (SSSR count). The molecule has 0 amide bonds. The van der Waals surface area contributed by atoms with Crippen molar-refractivity contribution in [2.45, 2.75) is 58.9 Å². The molecule has 234 valence electrons. The molecule has 12 heteroatoms. The highest BCUT2D eigenvalue weighted by Gasteiger charge is 2.28. The first-order chi connectivity index (χ1) is 20.7. The minimum Gasteiger partial charge on any atom is -0.300 e. The summed E-state index contributed by atoms with van der Waals surface area (Å²) in [5, 5.41) is 0.0964. The van der Waals surface area contributed by atoms with Crippen molar-refractivity contribution < 1.29 is 14.4 Å². The molecule has 9 nitrogen and oxygen atoms in total. The Kier molecular flexibility index (Phi) is 8.90. The third-order valence-corrected chi connectivity index (χ3v) is 12.3. The zero-order chi connectivity index (χ0) is 33.6. The minimum atomic E-state index is -2.14. The Hall–Kier alpha value is -4.27. The SMILES string of the molecule is C[Si](C)(C)C(=O)c1ccc(-n2c(=O)n(-c3ccc(C(=O)[Si](C)(C)C)cc3)c(=O)n(-c3ccc(C(=O)[Si](C)(C)C)cc3)c2=O)cc1. The maximum absolute atomic E-state index is 14.0. The lowest BCUT2D eigenvalue weighted by molar-refractivity contribution is 0.106. The minimum absolute atomic E-state index is 0.0321. The molecule has 0 saturated carbocycles. The Labute approximate surface area is 264 Å². The largest absolute Gasteiger partial charge is 0.345 e.